The molecular weight excluding hydrogens is 402 g/mol. The zero-order valence-corrected chi connectivity index (χ0v) is 17.7. The summed E-state index contributed by atoms with van der Waals surface area (Å²) in [6.45, 7) is 1.04. The fourth-order valence-corrected chi connectivity index (χ4v) is 3.17. The number of esters is 1. The van der Waals surface area contributed by atoms with E-state index < -0.39 is 11.9 Å². The summed E-state index contributed by atoms with van der Waals surface area (Å²) in [6.07, 6.45) is 1.55. The second-order valence-electron chi connectivity index (χ2n) is 7.02. The predicted molar refractivity (Wildman–Crippen MR) is 122 cm³/mol. The third-order valence-corrected chi connectivity index (χ3v) is 4.71. The van der Waals surface area contributed by atoms with E-state index in [-0.39, 0.29) is 16.8 Å². The Balaban J connectivity index is 1.86. The van der Waals surface area contributed by atoms with Crippen LogP contribution in [-0.4, -0.2) is 23.9 Å². The second kappa shape index (κ2) is 11.1. The Morgan fingerprint density at radius 2 is 1.44 bits per heavy atom. The number of nitrogens with zero attached hydrogens (tertiary/aromatic N) is 2. The van der Waals surface area contributed by atoms with Crippen LogP contribution in [0.5, 0.6) is 0 Å². The summed E-state index contributed by atoms with van der Waals surface area (Å²) in [4.78, 5) is 26.8. The summed E-state index contributed by atoms with van der Waals surface area (Å²) in [7, 11) is 1.27. The van der Waals surface area contributed by atoms with Crippen LogP contribution in [0.1, 0.15) is 21.5 Å². The highest BCUT2D eigenvalue weighted by molar-refractivity contribution is 6.09. The van der Waals surface area contributed by atoms with Crippen molar-refractivity contribution in [2.75, 3.05) is 12.4 Å². The molecule has 32 heavy (non-hydrogen) atoms. The smallest absolute Gasteiger partial charge is 0.339 e. The van der Waals surface area contributed by atoms with Crippen molar-refractivity contribution < 1.29 is 14.3 Å². The van der Waals surface area contributed by atoms with Gasteiger partial charge in [-0.25, -0.2) is 4.79 Å². The van der Waals surface area contributed by atoms with Gasteiger partial charge in [0.25, 0.3) is 5.91 Å². The van der Waals surface area contributed by atoms with Crippen molar-refractivity contribution in [1.82, 2.24) is 4.90 Å². The van der Waals surface area contributed by atoms with E-state index >= 15 is 0 Å². The number of rotatable bonds is 8. The second-order valence-corrected chi connectivity index (χ2v) is 7.02. The van der Waals surface area contributed by atoms with Gasteiger partial charge in [0.15, 0.2) is 0 Å². The van der Waals surface area contributed by atoms with Crippen LogP contribution >= 0.6 is 0 Å². The minimum atomic E-state index is -0.602. The summed E-state index contributed by atoms with van der Waals surface area (Å²) in [5.41, 5.74) is 2.52. The molecule has 1 amide bonds. The van der Waals surface area contributed by atoms with E-state index in [4.69, 9.17) is 4.74 Å². The number of methoxy groups -OCH3 is 1. The van der Waals surface area contributed by atoms with Gasteiger partial charge in [-0.3, -0.25) is 4.79 Å². The van der Waals surface area contributed by atoms with Crippen LogP contribution in [-0.2, 0) is 22.6 Å². The largest absolute Gasteiger partial charge is 0.465 e. The van der Waals surface area contributed by atoms with Crippen LogP contribution in [0.3, 0.4) is 0 Å². The monoisotopic (exact) mass is 425 g/mol. The van der Waals surface area contributed by atoms with Crippen molar-refractivity contribution in [3.05, 3.63) is 113 Å². The number of ether oxygens (including phenoxy) is 1. The molecule has 160 valence electrons. The van der Waals surface area contributed by atoms with Crippen LogP contribution in [0.15, 0.2) is 96.7 Å². The first-order valence-corrected chi connectivity index (χ1v) is 10.0. The summed E-state index contributed by atoms with van der Waals surface area (Å²) in [6, 6.07) is 28.1. The van der Waals surface area contributed by atoms with Gasteiger partial charge in [-0.2, -0.15) is 5.26 Å². The molecule has 0 atom stereocenters. The number of amides is 1. The summed E-state index contributed by atoms with van der Waals surface area (Å²) in [5, 5.41) is 12.3. The van der Waals surface area contributed by atoms with E-state index in [2.05, 4.69) is 5.32 Å². The maximum atomic E-state index is 12.9. The first-order valence-electron chi connectivity index (χ1n) is 10.0. The molecule has 0 saturated heterocycles. The Morgan fingerprint density at radius 3 is 1.97 bits per heavy atom. The Bertz CT molecular complexity index is 1090. The van der Waals surface area contributed by atoms with Gasteiger partial charge >= 0.3 is 5.97 Å². The van der Waals surface area contributed by atoms with Gasteiger partial charge in [0, 0.05) is 19.3 Å². The molecule has 6 heteroatoms. The molecule has 3 aromatic carbocycles. The Morgan fingerprint density at radius 1 is 0.906 bits per heavy atom. The molecule has 0 aliphatic heterocycles. The van der Waals surface area contributed by atoms with Crippen molar-refractivity contribution in [2.45, 2.75) is 13.1 Å². The Labute approximate surface area is 187 Å². The standard InChI is InChI=1S/C26H23N3O3/c1-32-26(31)23-14-8-9-15-24(23)28-25(30)22(16-27)19-29(17-20-10-4-2-5-11-20)18-21-12-6-3-7-13-21/h2-15,19H,17-18H2,1H3,(H,28,30)/b22-19-. The number of nitriles is 1. The van der Waals surface area contributed by atoms with Gasteiger partial charge in [0.2, 0.25) is 0 Å². The molecule has 0 saturated carbocycles. The summed E-state index contributed by atoms with van der Waals surface area (Å²) in [5.74, 6) is -1.17. The van der Waals surface area contributed by atoms with Crippen molar-refractivity contribution in [1.29, 1.82) is 5.26 Å². The van der Waals surface area contributed by atoms with Crippen molar-refractivity contribution in [3.8, 4) is 6.07 Å². The van der Waals surface area contributed by atoms with Crippen molar-refractivity contribution in [3.63, 3.8) is 0 Å². The van der Waals surface area contributed by atoms with Crippen LogP contribution in [0, 0.1) is 11.3 Å². The van der Waals surface area contributed by atoms with E-state index in [0.29, 0.717) is 13.1 Å². The number of benzene rings is 3. The maximum absolute atomic E-state index is 12.9. The Hall–Kier alpha value is -4.37. The highest BCUT2D eigenvalue weighted by atomic mass is 16.5. The van der Waals surface area contributed by atoms with Crippen LogP contribution in [0.2, 0.25) is 0 Å². The lowest BCUT2D eigenvalue weighted by molar-refractivity contribution is -0.112. The SMILES string of the molecule is COC(=O)c1ccccc1NC(=O)/C(C#N)=C\N(Cc1ccccc1)Cc1ccccc1. The molecule has 0 bridgehead atoms. The molecule has 0 spiro atoms. The van der Waals surface area contributed by atoms with Crippen LogP contribution in [0.25, 0.3) is 0 Å². The molecule has 0 fully saturated rings. The van der Waals surface area contributed by atoms with Gasteiger partial charge < -0.3 is 15.0 Å². The molecule has 0 aromatic heterocycles. The molecule has 3 rings (SSSR count). The van der Waals surface area contributed by atoms with Gasteiger partial charge in [-0.15, -0.1) is 0 Å². The van der Waals surface area contributed by atoms with E-state index in [1.54, 1.807) is 30.5 Å². The average molecular weight is 425 g/mol. The van der Waals surface area contributed by atoms with Crippen molar-refractivity contribution in [2.24, 2.45) is 0 Å². The first-order chi connectivity index (χ1) is 15.6. The molecular formula is C26H23N3O3. The lowest BCUT2D eigenvalue weighted by atomic mass is 10.1. The number of carbonyl (C=O) groups is 2. The fourth-order valence-electron chi connectivity index (χ4n) is 3.17. The van der Waals surface area contributed by atoms with Crippen LogP contribution < -0.4 is 5.32 Å². The molecule has 0 aliphatic carbocycles. The minimum Gasteiger partial charge on any atom is -0.465 e. The van der Waals surface area contributed by atoms with Gasteiger partial charge in [-0.1, -0.05) is 72.8 Å². The van der Waals surface area contributed by atoms with E-state index in [0.717, 1.165) is 11.1 Å². The zero-order chi connectivity index (χ0) is 22.8. The summed E-state index contributed by atoms with van der Waals surface area (Å²) < 4.78 is 4.76. The lowest BCUT2D eigenvalue weighted by Crippen LogP contribution is -2.22. The fraction of sp³-hybridized carbons (Fsp3) is 0.115. The number of hydrogen-bond donors (Lipinski definition) is 1. The first kappa shape index (κ1) is 22.3. The van der Waals surface area contributed by atoms with Gasteiger partial charge in [0.1, 0.15) is 11.6 Å². The zero-order valence-electron chi connectivity index (χ0n) is 17.7. The number of carbonyl (C=O) groups excluding carboxylic acids is 2. The van der Waals surface area contributed by atoms with Crippen LogP contribution in [0.4, 0.5) is 5.69 Å². The van der Waals surface area contributed by atoms with E-state index in [1.807, 2.05) is 71.6 Å². The molecule has 6 nitrogen and oxygen atoms in total. The third kappa shape index (κ3) is 6.07. The maximum Gasteiger partial charge on any atom is 0.339 e. The molecule has 0 heterocycles. The molecule has 1 N–H and O–H groups in total. The number of para-hydroxylation sites is 1. The predicted octanol–water partition coefficient (Wildman–Crippen LogP) is 4.52. The van der Waals surface area contributed by atoms with E-state index in [9.17, 15) is 14.9 Å². The summed E-state index contributed by atoms with van der Waals surface area (Å²) >= 11 is 0. The molecule has 3 aromatic rings. The number of nitrogens with one attached hydrogen (secondary N) is 1. The molecule has 0 unspecified atom stereocenters. The van der Waals surface area contributed by atoms with Gasteiger partial charge in [0.05, 0.1) is 18.4 Å². The average Bonchev–Trinajstić information content (AvgIpc) is 2.83. The molecule has 0 aliphatic rings. The highest BCUT2D eigenvalue weighted by Crippen LogP contribution is 2.18. The van der Waals surface area contributed by atoms with E-state index in [1.165, 1.54) is 7.11 Å². The van der Waals surface area contributed by atoms with Crippen molar-refractivity contribution >= 4 is 17.6 Å². The molecule has 0 radical (unpaired) electrons. The topological polar surface area (TPSA) is 82.4 Å². The third-order valence-electron chi connectivity index (χ3n) is 4.71. The number of hydrogen-bond acceptors (Lipinski definition) is 5. The van der Waals surface area contributed by atoms with Gasteiger partial charge in [-0.05, 0) is 23.3 Å². The normalized spacial score (nSPS) is 10.7. The highest BCUT2D eigenvalue weighted by Gasteiger charge is 2.17. The Kier molecular flexibility index (Phi) is 7.77. The quantitative estimate of drug-likeness (QED) is 0.326. The lowest BCUT2D eigenvalue weighted by Gasteiger charge is -2.21. The number of anilines is 1. The minimum absolute atomic E-state index is 0.0727.